The highest BCUT2D eigenvalue weighted by atomic mass is 35.5. The molecule has 3 N–H and O–H groups in total. The van der Waals surface area contributed by atoms with Gasteiger partial charge in [0.1, 0.15) is 6.54 Å². The average Bonchev–Trinajstić information content (AvgIpc) is 2.83. The van der Waals surface area contributed by atoms with Crippen LogP contribution in [0.1, 0.15) is 31.1 Å². The summed E-state index contributed by atoms with van der Waals surface area (Å²) in [6.07, 6.45) is 1.32. The highest BCUT2D eigenvalue weighted by Gasteiger charge is 2.21. The van der Waals surface area contributed by atoms with Crippen molar-refractivity contribution in [3.63, 3.8) is 0 Å². The summed E-state index contributed by atoms with van der Waals surface area (Å²) in [4.78, 5) is 53.2. The molecule has 36 heavy (non-hydrogen) atoms. The second-order valence-electron chi connectivity index (χ2n) is 9.13. The third-order valence-electron chi connectivity index (χ3n) is 5.15. The summed E-state index contributed by atoms with van der Waals surface area (Å²) in [7, 11) is 0. The molecule has 0 spiro atoms. The lowest BCUT2D eigenvalue weighted by atomic mass is 9.95. The number of carbonyl (C=O) groups excluding carboxylic acids is 3. The Hall–Kier alpha value is -3.98. The van der Waals surface area contributed by atoms with Crippen molar-refractivity contribution in [3.05, 3.63) is 81.9 Å². The van der Waals surface area contributed by atoms with Gasteiger partial charge in [-0.25, -0.2) is 4.98 Å². The number of amides is 3. The molecule has 10 heteroatoms. The molecule has 3 amide bonds. The smallest absolute Gasteiger partial charge is 0.254 e. The minimum Gasteiger partial charge on any atom is -0.353 e. The van der Waals surface area contributed by atoms with Crippen molar-refractivity contribution in [2.45, 2.75) is 27.3 Å². The number of anilines is 1. The van der Waals surface area contributed by atoms with Crippen LogP contribution in [0.25, 0.3) is 11.3 Å². The fourth-order valence-electron chi connectivity index (χ4n) is 3.04. The highest BCUT2D eigenvalue weighted by molar-refractivity contribution is 6.30. The lowest BCUT2D eigenvalue weighted by Crippen LogP contribution is -2.37. The quantitative estimate of drug-likeness (QED) is 0.403. The minimum absolute atomic E-state index is 0.119. The van der Waals surface area contributed by atoms with Crippen LogP contribution in [0.2, 0.25) is 5.02 Å². The molecule has 0 aliphatic rings. The van der Waals surface area contributed by atoms with Gasteiger partial charge in [-0.1, -0.05) is 44.5 Å². The number of rotatable bonds is 8. The first-order valence-corrected chi connectivity index (χ1v) is 11.7. The SMILES string of the molecule is CC(C)(C)C(=O)Nc1ccc(C(=O)NCCNC(=O)Cn2cnc(-c3ccc(Cl)cc3)cc2=O)cc1. The second kappa shape index (κ2) is 11.6. The molecule has 0 atom stereocenters. The zero-order chi connectivity index (χ0) is 26.3. The van der Waals surface area contributed by atoms with Gasteiger partial charge in [-0.05, 0) is 36.4 Å². The van der Waals surface area contributed by atoms with Crippen LogP contribution in [-0.2, 0) is 16.1 Å². The number of hydrogen-bond donors (Lipinski definition) is 3. The highest BCUT2D eigenvalue weighted by Crippen LogP contribution is 2.19. The number of nitrogens with zero attached hydrogens (tertiary/aromatic N) is 2. The van der Waals surface area contributed by atoms with Crippen LogP contribution in [0.4, 0.5) is 5.69 Å². The molecule has 2 aromatic carbocycles. The Kier molecular flexibility index (Phi) is 8.60. The summed E-state index contributed by atoms with van der Waals surface area (Å²) >= 11 is 5.88. The maximum atomic E-state index is 12.4. The van der Waals surface area contributed by atoms with Gasteiger partial charge in [0, 0.05) is 46.4 Å². The van der Waals surface area contributed by atoms with Gasteiger partial charge in [-0.2, -0.15) is 0 Å². The molecular formula is C26H28ClN5O4. The Morgan fingerprint density at radius 3 is 2.19 bits per heavy atom. The van der Waals surface area contributed by atoms with E-state index in [1.54, 1.807) is 48.5 Å². The largest absolute Gasteiger partial charge is 0.353 e. The van der Waals surface area contributed by atoms with Gasteiger partial charge >= 0.3 is 0 Å². The van der Waals surface area contributed by atoms with Crippen LogP contribution < -0.4 is 21.5 Å². The molecule has 3 rings (SSSR count). The summed E-state index contributed by atoms with van der Waals surface area (Å²) in [5, 5.41) is 8.75. The molecule has 9 nitrogen and oxygen atoms in total. The van der Waals surface area contributed by atoms with Crippen molar-refractivity contribution in [2.24, 2.45) is 5.41 Å². The summed E-state index contributed by atoms with van der Waals surface area (Å²) in [6.45, 7) is 5.65. The van der Waals surface area contributed by atoms with Gasteiger partial charge < -0.3 is 16.0 Å². The number of nitrogens with one attached hydrogen (secondary N) is 3. The maximum absolute atomic E-state index is 12.4. The van der Waals surface area contributed by atoms with E-state index in [4.69, 9.17) is 11.6 Å². The first kappa shape index (κ1) is 26.6. The fraction of sp³-hybridized carbons (Fsp3) is 0.269. The van der Waals surface area contributed by atoms with E-state index in [2.05, 4.69) is 20.9 Å². The molecule has 1 heterocycles. The average molecular weight is 510 g/mol. The van der Waals surface area contributed by atoms with Gasteiger partial charge in [0.2, 0.25) is 11.8 Å². The normalized spacial score (nSPS) is 11.0. The standard InChI is InChI=1S/C26H28ClN5O4/c1-26(2,3)25(36)31-20-10-6-18(7-11-20)24(35)29-13-12-28-22(33)15-32-16-30-21(14-23(32)34)17-4-8-19(27)9-5-17/h4-11,14,16H,12-13,15H2,1-3H3,(H,28,33)(H,29,35)(H,31,36). The van der Waals surface area contributed by atoms with Gasteiger partial charge in [-0.3, -0.25) is 23.7 Å². The number of hydrogen-bond acceptors (Lipinski definition) is 5. The van der Waals surface area contributed by atoms with Gasteiger partial charge in [0.15, 0.2) is 0 Å². The molecule has 188 valence electrons. The van der Waals surface area contributed by atoms with Crippen LogP contribution in [0.15, 0.2) is 65.7 Å². The number of aromatic nitrogens is 2. The van der Waals surface area contributed by atoms with Crippen LogP contribution in [-0.4, -0.2) is 40.4 Å². The van der Waals surface area contributed by atoms with E-state index >= 15 is 0 Å². The van der Waals surface area contributed by atoms with Crippen molar-refractivity contribution in [1.29, 1.82) is 0 Å². The van der Waals surface area contributed by atoms with Gasteiger partial charge in [-0.15, -0.1) is 0 Å². The maximum Gasteiger partial charge on any atom is 0.254 e. The first-order chi connectivity index (χ1) is 17.0. The topological polar surface area (TPSA) is 122 Å². The Morgan fingerprint density at radius 1 is 0.944 bits per heavy atom. The zero-order valence-corrected chi connectivity index (χ0v) is 21.1. The summed E-state index contributed by atoms with van der Waals surface area (Å²) in [5.74, 6) is -0.812. The molecule has 1 aromatic heterocycles. The molecule has 0 bridgehead atoms. The third-order valence-corrected chi connectivity index (χ3v) is 5.40. The molecule has 0 unspecified atom stereocenters. The Labute approximate surface area is 213 Å². The van der Waals surface area contributed by atoms with E-state index in [1.165, 1.54) is 17.0 Å². The number of benzene rings is 2. The molecule has 0 radical (unpaired) electrons. The fourth-order valence-corrected chi connectivity index (χ4v) is 3.16. The van der Waals surface area contributed by atoms with Crippen LogP contribution >= 0.6 is 11.6 Å². The van der Waals surface area contributed by atoms with Gasteiger partial charge in [0.25, 0.3) is 11.5 Å². The molecule has 0 aliphatic heterocycles. The lowest BCUT2D eigenvalue weighted by Gasteiger charge is -2.17. The number of carbonyl (C=O) groups is 3. The molecule has 3 aromatic rings. The van der Waals surface area contributed by atoms with E-state index < -0.39 is 5.41 Å². The minimum atomic E-state index is -0.522. The number of halogens is 1. The van der Waals surface area contributed by atoms with E-state index in [9.17, 15) is 19.2 Å². The monoisotopic (exact) mass is 509 g/mol. The van der Waals surface area contributed by atoms with Crippen molar-refractivity contribution in [2.75, 3.05) is 18.4 Å². The summed E-state index contributed by atoms with van der Waals surface area (Å²) < 4.78 is 1.20. The van der Waals surface area contributed by atoms with Crippen molar-refractivity contribution < 1.29 is 14.4 Å². The van der Waals surface area contributed by atoms with Gasteiger partial charge in [0.05, 0.1) is 12.0 Å². The Balaban J connectivity index is 1.43. The van der Waals surface area contributed by atoms with Crippen LogP contribution in [0, 0.1) is 5.41 Å². The van der Waals surface area contributed by atoms with E-state index in [0.717, 1.165) is 5.56 Å². The van der Waals surface area contributed by atoms with E-state index in [1.807, 2.05) is 20.8 Å². The third kappa shape index (κ3) is 7.51. The van der Waals surface area contributed by atoms with Crippen molar-refractivity contribution >= 4 is 35.0 Å². The Morgan fingerprint density at radius 2 is 1.58 bits per heavy atom. The second-order valence-corrected chi connectivity index (χ2v) is 9.57. The molecule has 0 saturated heterocycles. The molecule has 0 saturated carbocycles. The summed E-state index contributed by atoms with van der Waals surface area (Å²) in [5.41, 5.74) is 1.37. The van der Waals surface area contributed by atoms with E-state index in [-0.39, 0.29) is 42.9 Å². The first-order valence-electron chi connectivity index (χ1n) is 11.3. The molecule has 0 aliphatic carbocycles. The van der Waals surface area contributed by atoms with Crippen LogP contribution in [0.3, 0.4) is 0 Å². The van der Waals surface area contributed by atoms with Crippen LogP contribution in [0.5, 0.6) is 0 Å². The summed E-state index contributed by atoms with van der Waals surface area (Å²) in [6, 6.07) is 14.8. The zero-order valence-electron chi connectivity index (χ0n) is 20.3. The van der Waals surface area contributed by atoms with Crippen molar-refractivity contribution in [3.8, 4) is 11.3 Å². The lowest BCUT2D eigenvalue weighted by molar-refractivity contribution is -0.123. The van der Waals surface area contributed by atoms with E-state index in [0.29, 0.717) is 22.0 Å². The predicted octanol–water partition coefficient (Wildman–Crippen LogP) is 3.09. The Bertz CT molecular complexity index is 1300. The molecule has 0 fully saturated rings. The molecular weight excluding hydrogens is 482 g/mol. The van der Waals surface area contributed by atoms with Crippen molar-refractivity contribution in [1.82, 2.24) is 20.2 Å². The predicted molar refractivity (Wildman–Crippen MR) is 139 cm³/mol.